The van der Waals surface area contributed by atoms with Crippen LogP contribution in [0.1, 0.15) is 73.6 Å². The number of ether oxygens (including phenoxy) is 1. The van der Waals surface area contributed by atoms with Crippen molar-refractivity contribution in [2.24, 2.45) is 0 Å². The SMILES string of the molecule is CC(=O)NC(=S)COC/C=C(\C)CC/C=C(\C)CC=C=C(C)CCC=C(C)C. The van der Waals surface area contributed by atoms with Crippen LogP contribution in [-0.2, 0) is 9.53 Å². The molecule has 0 saturated carbocycles. The maximum absolute atomic E-state index is 10.9. The van der Waals surface area contributed by atoms with E-state index in [-0.39, 0.29) is 12.5 Å². The normalized spacial score (nSPS) is 11.5. The quantitative estimate of drug-likeness (QED) is 0.178. The molecule has 0 aliphatic rings. The van der Waals surface area contributed by atoms with Crippen molar-refractivity contribution in [2.75, 3.05) is 13.2 Å². The highest BCUT2D eigenvalue weighted by Crippen LogP contribution is 2.10. The summed E-state index contributed by atoms with van der Waals surface area (Å²) in [6.45, 7) is 12.9. The van der Waals surface area contributed by atoms with Crippen molar-refractivity contribution in [3.05, 3.63) is 52.3 Å². The van der Waals surface area contributed by atoms with Gasteiger partial charge in [0.15, 0.2) is 0 Å². The van der Waals surface area contributed by atoms with E-state index in [4.69, 9.17) is 17.0 Å². The largest absolute Gasteiger partial charge is 0.370 e. The van der Waals surface area contributed by atoms with E-state index in [1.54, 1.807) is 0 Å². The molecule has 1 N–H and O–H groups in total. The number of nitrogens with one attached hydrogen (secondary N) is 1. The number of amides is 1. The molecule has 0 aromatic carbocycles. The lowest BCUT2D eigenvalue weighted by molar-refractivity contribution is -0.117. The van der Waals surface area contributed by atoms with Crippen molar-refractivity contribution in [3.8, 4) is 0 Å². The van der Waals surface area contributed by atoms with Crippen LogP contribution in [0.15, 0.2) is 52.3 Å². The Kier molecular flexibility index (Phi) is 15.2. The summed E-state index contributed by atoms with van der Waals surface area (Å²) in [7, 11) is 0. The number of allylic oxidation sites excluding steroid dienone is 6. The first kappa shape index (κ1) is 26.3. The first-order valence-electron chi connectivity index (χ1n) is 9.94. The zero-order valence-electron chi connectivity index (χ0n) is 18.5. The number of carbonyl (C=O) groups excluding carboxylic acids is 1. The maximum Gasteiger partial charge on any atom is 0.221 e. The highest BCUT2D eigenvalue weighted by Gasteiger charge is 1.98. The van der Waals surface area contributed by atoms with Crippen molar-refractivity contribution < 1.29 is 9.53 Å². The van der Waals surface area contributed by atoms with E-state index in [1.165, 1.54) is 29.2 Å². The minimum atomic E-state index is -0.160. The Balaban J connectivity index is 4.12. The van der Waals surface area contributed by atoms with Gasteiger partial charge in [-0.05, 0) is 78.4 Å². The number of thiocarbonyl (C=S) groups is 1. The third kappa shape index (κ3) is 17.7. The van der Waals surface area contributed by atoms with Crippen molar-refractivity contribution >= 4 is 23.1 Å². The molecule has 0 bridgehead atoms. The lowest BCUT2D eigenvalue weighted by Crippen LogP contribution is -2.29. The van der Waals surface area contributed by atoms with E-state index in [9.17, 15) is 4.79 Å². The second-order valence-corrected chi connectivity index (χ2v) is 7.90. The highest BCUT2D eigenvalue weighted by molar-refractivity contribution is 7.80. The minimum absolute atomic E-state index is 0.160. The van der Waals surface area contributed by atoms with Crippen LogP contribution in [0, 0.1) is 0 Å². The fraction of sp³-hybridized carbons (Fsp3) is 0.542. The molecule has 0 fully saturated rings. The van der Waals surface area contributed by atoms with Crippen molar-refractivity contribution in [2.45, 2.75) is 73.6 Å². The Labute approximate surface area is 177 Å². The van der Waals surface area contributed by atoms with Crippen LogP contribution in [0.3, 0.4) is 0 Å². The number of rotatable bonds is 12. The number of hydrogen-bond donors (Lipinski definition) is 1. The van der Waals surface area contributed by atoms with Crippen LogP contribution in [-0.4, -0.2) is 24.1 Å². The van der Waals surface area contributed by atoms with Crippen molar-refractivity contribution in [3.63, 3.8) is 0 Å². The van der Waals surface area contributed by atoms with Crippen LogP contribution < -0.4 is 5.32 Å². The molecule has 0 saturated heterocycles. The first-order valence-corrected chi connectivity index (χ1v) is 10.3. The first-order chi connectivity index (χ1) is 13.2. The van der Waals surface area contributed by atoms with Gasteiger partial charge in [0.2, 0.25) is 5.91 Å². The Morgan fingerprint density at radius 2 is 1.64 bits per heavy atom. The molecule has 0 unspecified atom stereocenters. The summed E-state index contributed by atoms with van der Waals surface area (Å²) in [4.78, 5) is 11.3. The molecule has 0 aromatic rings. The molecule has 4 heteroatoms. The average molecular weight is 404 g/mol. The topological polar surface area (TPSA) is 38.3 Å². The van der Waals surface area contributed by atoms with Gasteiger partial charge in [-0.3, -0.25) is 4.79 Å². The molecule has 0 spiro atoms. The van der Waals surface area contributed by atoms with Gasteiger partial charge in [-0.2, -0.15) is 0 Å². The minimum Gasteiger partial charge on any atom is -0.370 e. The average Bonchev–Trinajstić information content (AvgIpc) is 2.57. The predicted molar refractivity (Wildman–Crippen MR) is 125 cm³/mol. The summed E-state index contributed by atoms with van der Waals surface area (Å²) in [6.07, 6.45) is 13.9. The van der Waals surface area contributed by atoms with Crippen LogP contribution in [0.4, 0.5) is 0 Å². The number of carbonyl (C=O) groups is 1. The van der Waals surface area contributed by atoms with E-state index < -0.39 is 0 Å². The molecule has 0 rings (SSSR count). The van der Waals surface area contributed by atoms with E-state index in [0.29, 0.717) is 11.6 Å². The predicted octanol–water partition coefficient (Wildman–Crippen LogP) is 6.38. The molecule has 0 aliphatic carbocycles. The Morgan fingerprint density at radius 1 is 0.964 bits per heavy atom. The molecule has 0 aliphatic heterocycles. The maximum atomic E-state index is 10.9. The molecule has 0 aromatic heterocycles. The molecule has 1 amide bonds. The molecule has 0 radical (unpaired) electrons. The zero-order chi connectivity index (χ0) is 21.4. The van der Waals surface area contributed by atoms with Gasteiger partial charge in [0.1, 0.15) is 4.99 Å². The molecule has 0 heterocycles. The van der Waals surface area contributed by atoms with Gasteiger partial charge in [-0.1, -0.05) is 47.2 Å². The van der Waals surface area contributed by atoms with Gasteiger partial charge in [0, 0.05) is 6.92 Å². The summed E-state index contributed by atoms with van der Waals surface area (Å²) in [5.41, 5.74) is 8.74. The fourth-order valence-corrected chi connectivity index (χ4v) is 2.58. The van der Waals surface area contributed by atoms with Crippen LogP contribution in [0.25, 0.3) is 0 Å². The van der Waals surface area contributed by atoms with Crippen molar-refractivity contribution in [1.82, 2.24) is 5.32 Å². The lowest BCUT2D eigenvalue weighted by atomic mass is 10.1. The summed E-state index contributed by atoms with van der Waals surface area (Å²) in [5.74, 6) is -0.160. The van der Waals surface area contributed by atoms with Crippen molar-refractivity contribution in [1.29, 1.82) is 0 Å². The molecular formula is C24H37NO2S. The summed E-state index contributed by atoms with van der Waals surface area (Å²) < 4.78 is 5.44. The molecule has 3 nitrogen and oxygen atoms in total. The van der Waals surface area contributed by atoms with E-state index in [1.807, 2.05) is 0 Å². The van der Waals surface area contributed by atoms with Gasteiger partial charge in [-0.25, -0.2) is 0 Å². The Hall–Kier alpha value is -1.74. The van der Waals surface area contributed by atoms with Gasteiger partial charge in [-0.15, -0.1) is 5.73 Å². The Morgan fingerprint density at radius 3 is 2.29 bits per heavy atom. The lowest BCUT2D eigenvalue weighted by Gasteiger charge is -2.05. The monoisotopic (exact) mass is 403 g/mol. The van der Waals surface area contributed by atoms with Gasteiger partial charge in [0.25, 0.3) is 0 Å². The van der Waals surface area contributed by atoms with Crippen LogP contribution >= 0.6 is 12.2 Å². The molecule has 0 atom stereocenters. The third-order valence-electron chi connectivity index (χ3n) is 3.97. The molecular weight excluding hydrogens is 366 g/mol. The second-order valence-electron chi connectivity index (χ2n) is 7.41. The number of hydrogen-bond acceptors (Lipinski definition) is 3. The standard InChI is InChI=1S/C24H37NO2S/c1-19(2)10-7-11-20(3)12-8-13-21(4)14-9-15-22(5)16-17-27-18-24(28)25-23(6)26/h8,10,14,16H,7,9,11,13,15,17-18H2,1-6H3,(H,25,26,28)/b21-14+,22-16+. The fourth-order valence-electron chi connectivity index (χ4n) is 2.35. The van der Waals surface area contributed by atoms with E-state index in [0.717, 1.165) is 32.1 Å². The summed E-state index contributed by atoms with van der Waals surface area (Å²) in [5, 5.41) is 2.54. The van der Waals surface area contributed by atoms with Gasteiger partial charge in [0.05, 0.1) is 13.2 Å². The molecule has 28 heavy (non-hydrogen) atoms. The van der Waals surface area contributed by atoms with Crippen LogP contribution in [0.2, 0.25) is 0 Å². The second kappa shape index (κ2) is 16.2. The smallest absolute Gasteiger partial charge is 0.221 e. The highest BCUT2D eigenvalue weighted by atomic mass is 32.1. The van der Waals surface area contributed by atoms with E-state index in [2.05, 4.69) is 70.0 Å². The van der Waals surface area contributed by atoms with Gasteiger partial charge >= 0.3 is 0 Å². The zero-order valence-corrected chi connectivity index (χ0v) is 19.3. The molecule has 156 valence electrons. The van der Waals surface area contributed by atoms with Crippen LogP contribution in [0.5, 0.6) is 0 Å². The Bertz CT molecular complexity index is 658. The third-order valence-corrected chi connectivity index (χ3v) is 4.19. The van der Waals surface area contributed by atoms with Gasteiger partial charge < -0.3 is 10.1 Å². The summed E-state index contributed by atoms with van der Waals surface area (Å²) in [6, 6.07) is 0. The summed E-state index contributed by atoms with van der Waals surface area (Å²) >= 11 is 4.99. The van der Waals surface area contributed by atoms with E-state index >= 15 is 0 Å².